The molecule has 0 aliphatic rings. The molecule has 4 nitrogen and oxygen atoms in total. The molecule has 0 fully saturated rings. The molecule has 17 heavy (non-hydrogen) atoms. The molecule has 1 atom stereocenters. The summed E-state index contributed by atoms with van der Waals surface area (Å²) in [7, 11) is 0. The number of aliphatic hydroxyl groups excluding tert-OH is 1. The molecular formula is C12H16FNO3. The van der Waals surface area contributed by atoms with E-state index in [4.69, 9.17) is 9.84 Å². The number of benzene rings is 1. The third kappa shape index (κ3) is 5.87. The van der Waals surface area contributed by atoms with Crippen LogP contribution in [0.2, 0.25) is 0 Å². The van der Waals surface area contributed by atoms with Gasteiger partial charge in [-0.3, -0.25) is 4.79 Å². The highest BCUT2D eigenvalue weighted by Gasteiger charge is 2.03. The van der Waals surface area contributed by atoms with Crippen LogP contribution in [0.1, 0.15) is 13.3 Å². The number of ether oxygens (including phenoxy) is 1. The number of halogens is 1. The van der Waals surface area contributed by atoms with Gasteiger partial charge in [-0.25, -0.2) is 4.39 Å². The summed E-state index contributed by atoms with van der Waals surface area (Å²) in [5, 5.41) is 11.5. The summed E-state index contributed by atoms with van der Waals surface area (Å²) in [6.45, 7) is 2.04. The number of hydrogen-bond donors (Lipinski definition) is 2. The predicted molar refractivity (Wildman–Crippen MR) is 61.2 cm³/mol. The highest BCUT2D eigenvalue weighted by atomic mass is 19.1. The van der Waals surface area contributed by atoms with Gasteiger partial charge >= 0.3 is 0 Å². The van der Waals surface area contributed by atoms with Crippen LogP contribution in [0.15, 0.2) is 24.3 Å². The fourth-order valence-electron chi connectivity index (χ4n) is 1.14. The van der Waals surface area contributed by atoms with E-state index in [0.717, 1.165) is 0 Å². The standard InChI is InChI=1S/C12H16FNO3/c1-9(15)8-14-12(16)6-7-17-11-4-2-10(13)3-5-11/h2-5,9,15H,6-8H2,1H3,(H,14,16). The zero-order chi connectivity index (χ0) is 12.7. The van der Waals surface area contributed by atoms with Crippen molar-refractivity contribution >= 4 is 5.91 Å². The molecule has 2 N–H and O–H groups in total. The maximum Gasteiger partial charge on any atom is 0.223 e. The number of hydrogen-bond acceptors (Lipinski definition) is 3. The van der Waals surface area contributed by atoms with Gasteiger partial charge in [0.2, 0.25) is 5.91 Å². The normalized spacial score (nSPS) is 11.9. The van der Waals surface area contributed by atoms with Crippen LogP contribution in [0, 0.1) is 5.82 Å². The Morgan fingerprint density at radius 2 is 2.12 bits per heavy atom. The summed E-state index contributed by atoms with van der Waals surface area (Å²) in [5.74, 6) is 0.00904. The van der Waals surface area contributed by atoms with E-state index in [9.17, 15) is 9.18 Å². The van der Waals surface area contributed by atoms with Crippen molar-refractivity contribution in [2.24, 2.45) is 0 Å². The lowest BCUT2D eigenvalue weighted by Gasteiger charge is -2.08. The molecule has 1 aromatic carbocycles. The molecule has 1 unspecified atom stereocenters. The first-order valence-corrected chi connectivity index (χ1v) is 5.41. The van der Waals surface area contributed by atoms with E-state index in [0.29, 0.717) is 5.75 Å². The van der Waals surface area contributed by atoms with Crippen LogP contribution in [0.4, 0.5) is 4.39 Å². The van der Waals surface area contributed by atoms with Gasteiger partial charge in [-0.2, -0.15) is 0 Å². The second-order valence-corrected chi connectivity index (χ2v) is 3.71. The monoisotopic (exact) mass is 241 g/mol. The van der Waals surface area contributed by atoms with Crippen molar-refractivity contribution in [1.29, 1.82) is 0 Å². The van der Waals surface area contributed by atoms with Gasteiger partial charge < -0.3 is 15.2 Å². The Morgan fingerprint density at radius 3 is 2.71 bits per heavy atom. The number of amides is 1. The lowest BCUT2D eigenvalue weighted by atomic mass is 10.3. The molecular weight excluding hydrogens is 225 g/mol. The second kappa shape index (κ2) is 6.85. The first kappa shape index (κ1) is 13.4. The smallest absolute Gasteiger partial charge is 0.223 e. The molecule has 0 aliphatic heterocycles. The van der Waals surface area contributed by atoms with Crippen molar-refractivity contribution in [2.75, 3.05) is 13.2 Å². The molecule has 1 rings (SSSR count). The van der Waals surface area contributed by atoms with Gasteiger partial charge in [-0.05, 0) is 31.2 Å². The Hall–Kier alpha value is -1.62. The van der Waals surface area contributed by atoms with Crippen molar-refractivity contribution in [2.45, 2.75) is 19.4 Å². The quantitative estimate of drug-likeness (QED) is 0.784. The van der Waals surface area contributed by atoms with Crippen LogP contribution in [-0.2, 0) is 4.79 Å². The number of aliphatic hydroxyl groups is 1. The third-order valence-corrected chi connectivity index (χ3v) is 2.01. The predicted octanol–water partition coefficient (Wildman–Crippen LogP) is 1.09. The van der Waals surface area contributed by atoms with E-state index in [1.807, 2.05) is 0 Å². The Balaban J connectivity index is 2.19. The van der Waals surface area contributed by atoms with E-state index in [2.05, 4.69) is 5.32 Å². The Morgan fingerprint density at radius 1 is 1.47 bits per heavy atom. The lowest BCUT2D eigenvalue weighted by molar-refractivity contribution is -0.122. The zero-order valence-corrected chi connectivity index (χ0v) is 9.65. The van der Waals surface area contributed by atoms with E-state index < -0.39 is 6.10 Å². The molecule has 0 bridgehead atoms. The summed E-state index contributed by atoms with van der Waals surface area (Å²) in [5.41, 5.74) is 0. The summed E-state index contributed by atoms with van der Waals surface area (Å²) >= 11 is 0. The van der Waals surface area contributed by atoms with E-state index in [1.54, 1.807) is 6.92 Å². The summed E-state index contributed by atoms with van der Waals surface area (Å²) < 4.78 is 17.8. The van der Waals surface area contributed by atoms with Gasteiger partial charge in [-0.1, -0.05) is 0 Å². The minimum atomic E-state index is -0.558. The van der Waals surface area contributed by atoms with E-state index in [-0.39, 0.29) is 31.3 Å². The molecule has 0 saturated carbocycles. The molecule has 1 aromatic rings. The number of rotatable bonds is 6. The summed E-state index contributed by atoms with van der Waals surface area (Å²) in [6.07, 6.45) is -0.360. The van der Waals surface area contributed by atoms with Gasteiger partial charge in [0.05, 0.1) is 19.1 Å². The maximum atomic E-state index is 12.6. The number of nitrogens with one attached hydrogen (secondary N) is 1. The maximum absolute atomic E-state index is 12.6. The van der Waals surface area contributed by atoms with Crippen LogP contribution >= 0.6 is 0 Å². The molecule has 0 radical (unpaired) electrons. The van der Waals surface area contributed by atoms with Gasteiger partial charge in [0.15, 0.2) is 0 Å². The fourth-order valence-corrected chi connectivity index (χ4v) is 1.14. The van der Waals surface area contributed by atoms with E-state index >= 15 is 0 Å². The molecule has 0 spiro atoms. The molecule has 5 heteroatoms. The first-order chi connectivity index (χ1) is 8.08. The molecule has 0 heterocycles. The second-order valence-electron chi connectivity index (χ2n) is 3.71. The summed E-state index contributed by atoms with van der Waals surface area (Å²) in [4.78, 5) is 11.2. The first-order valence-electron chi connectivity index (χ1n) is 5.41. The lowest BCUT2D eigenvalue weighted by Crippen LogP contribution is -2.31. The van der Waals surface area contributed by atoms with E-state index in [1.165, 1.54) is 24.3 Å². The van der Waals surface area contributed by atoms with Crippen molar-refractivity contribution in [3.63, 3.8) is 0 Å². The van der Waals surface area contributed by atoms with Crippen LogP contribution in [0.5, 0.6) is 5.75 Å². The van der Waals surface area contributed by atoms with Gasteiger partial charge in [0.1, 0.15) is 11.6 Å². The molecule has 0 aromatic heterocycles. The van der Waals surface area contributed by atoms with Crippen molar-refractivity contribution in [3.05, 3.63) is 30.1 Å². The van der Waals surface area contributed by atoms with Crippen LogP contribution in [-0.4, -0.2) is 30.3 Å². The molecule has 0 saturated heterocycles. The summed E-state index contributed by atoms with van der Waals surface area (Å²) in [6, 6.07) is 5.60. The van der Waals surface area contributed by atoms with Gasteiger partial charge in [0, 0.05) is 6.54 Å². The van der Waals surface area contributed by atoms with Crippen LogP contribution < -0.4 is 10.1 Å². The Labute approximate surface area is 99.4 Å². The topological polar surface area (TPSA) is 58.6 Å². The van der Waals surface area contributed by atoms with Gasteiger partial charge in [-0.15, -0.1) is 0 Å². The number of carbonyl (C=O) groups is 1. The van der Waals surface area contributed by atoms with Crippen LogP contribution in [0.3, 0.4) is 0 Å². The Bertz CT molecular complexity index is 351. The largest absolute Gasteiger partial charge is 0.493 e. The number of carbonyl (C=O) groups excluding carboxylic acids is 1. The molecule has 0 aliphatic carbocycles. The van der Waals surface area contributed by atoms with Crippen molar-refractivity contribution < 1.29 is 19.0 Å². The van der Waals surface area contributed by atoms with Crippen molar-refractivity contribution in [1.82, 2.24) is 5.32 Å². The molecule has 94 valence electrons. The third-order valence-electron chi connectivity index (χ3n) is 2.01. The van der Waals surface area contributed by atoms with Gasteiger partial charge in [0.25, 0.3) is 0 Å². The highest BCUT2D eigenvalue weighted by molar-refractivity contribution is 5.75. The zero-order valence-electron chi connectivity index (χ0n) is 9.65. The minimum Gasteiger partial charge on any atom is -0.493 e. The van der Waals surface area contributed by atoms with Crippen LogP contribution in [0.25, 0.3) is 0 Å². The van der Waals surface area contributed by atoms with Crippen molar-refractivity contribution in [3.8, 4) is 5.75 Å². The fraction of sp³-hybridized carbons (Fsp3) is 0.417. The average Bonchev–Trinajstić information content (AvgIpc) is 2.29. The average molecular weight is 241 g/mol. The SMILES string of the molecule is CC(O)CNC(=O)CCOc1ccc(F)cc1. The highest BCUT2D eigenvalue weighted by Crippen LogP contribution is 2.10. The minimum absolute atomic E-state index is 0.187. The Kier molecular flexibility index (Phi) is 5.42. The molecule has 1 amide bonds.